The second kappa shape index (κ2) is 8.31. The van der Waals surface area contributed by atoms with Crippen LogP contribution in [0.2, 0.25) is 0 Å². The first-order chi connectivity index (χ1) is 14.7. The molecule has 1 amide bonds. The second-order valence-corrected chi connectivity index (χ2v) is 10.3. The molecule has 1 N–H and O–H groups in total. The molecule has 0 radical (unpaired) electrons. The molecule has 0 unspecified atom stereocenters. The van der Waals surface area contributed by atoms with Crippen LogP contribution in [0, 0.1) is 5.92 Å². The molecule has 31 heavy (non-hydrogen) atoms. The Balaban J connectivity index is 1.54. The maximum atomic E-state index is 12.6. The summed E-state index contributed by atoms with van der Waals surface area (Å²) in [6, 6.07) is 20.2. The van der Waals surface area contributed by atoms with Crippen LogP contribution in [0.5, 0.6) is 0 Å². The Labute approximate surface area is 187 Å². The molecule has 166 valence electrons. The van der Waals surface area contributed by atoms with E-state index in [1.54, 1.807) is 0 Å². The Kier molecular flexibility index (Phi) is 5.87. The molecule has 1 saturated heterocycles. The predicted octanol–water partition coefficient (Wildman–Crippen LogP) is 6.00. The van der Waals surface area contributed by atoms with Crippen molar-refractivity contribution in [2.24, 2.45) is 5.92 Å². The summed E-state index contributed by atoms with van der Waals surface area (Å²) in [5.74, 6) is 0.455. The maximum Gasteiger partial charge on any atom is 0.410 e. The van der Waals surface area contributed by atoms with Crippen LogP contribution in [0.15, 0.2) is 54.6 Å². The number of carbonyl (C=O) groups excluding carboxylic acids is 1. The number of ether oxygens (including phenoxy) is 1. The first-order valence-electron chi connectivity index (χ1n) is 11.6. The van der Waals surface area contributed by atoms with E-state index in [1.807, 2.05) is 25.7 Å². The van der Waals surface area contributed by atoms with Crippen LogP contribution in [-0.4, -0.2) is 29.7 Å². The molecule has 4 nitrogen and oxygen atoms in total. The average Bonchev–Trinajstić information content (AvgIpc) is 2.96. The maximum absolute atomic E-state index is 12.6. The third-order valence-corrected chi connectivity index (χ3v) is 7.24. The summed E-state index contributed by atoms with van der Waals surface area (Å²) in [7, 11) is 0. The van der Waals surface area contributed by atoms with Crippen LogP contribution in [0.1, 0.15) is 76.2 Å². The minimum Gasteiger partial charge on any atom is -0.444 e. The fourth-order valence-corrected chi connectivity index (χ4v) is 5.54. The summed E-state index contributed by atoms with van der Waals surface area (Å²) in [6.07, 6.45) is 1.76. The van der Waals surface area contributed by atoms with Gasteiger partial charge in [-0.05, 0) is 63.1 Å². The molecule has 4 rings (SSSR count). The number of carbonyl (C=O) groups is 1. The summed E-state index contributed by atoms with van der Waals surface area (Å²) in [6.45, 7) is 11.9. The van der Waals surface area contributed by atoms with Gasteiger partial charge in [0.2, 0.25) is 0 Å². The molecule has 0 aromatic heterocycles. The van der Waals surface area contributed by atoms with Crippen molar-refractivity contribution < 1.29 is 9.53 Å². The molecule has 2 aromatic rings. The molecule has 1 heterocycles. The zero-order valence-corrected chi connectivity index (χ0v) is 19.5. The Morgan fingerprint density at radius 1 is 1.06 bits per heavy atom. The average molecular weight is 421 g/mol. The largest absolute Gasteiger partial charge is 0.444 e. The number of hydrogen-bond donors (Lipinski definition) is 1. The van der Waals surface area contributed by atoms with Crippen molar-refractivity contribution in [3.63, 3.8) is 0 Å². The van der Waals surface area contributed by atoms with E-state index in [1.165, 1.54) is 16.7 Å². The van der Waals surface area contributed by atoms with Gasteiger partial charge in [0.25, 0.3) is 0 Å². The van der Waals surface area contributed by atoms with E-state index >= 15 is 0 Å². The van der Waals surface area contributed by atoms with Crippen LogP contribution in [-0.2, 0) is 10.2 Å². The lowest BCUT2D eigenvalue weighted by molar-refractivity contribution is 0.0129. The molecule has 1 aliphatic heterocycles. The van der Waals surface area contributed by atoms with Crippen LogP contribution < -0.4 is 5.32 Å². The summed E-state index contributed by atoms with van der Waals surface area (Å²) in [4.78, 5) is 14.5. The van der Waals surface area contributed by atoms with Gasteiger partial charge >= 0.3 is 6.09 Å². The zero-order chi connectivity index (χ0) is 22.2. The molecule has 2 aliphatic rings. The molecule has 1 fully saturated rings. The molecule has 0 saturated carbocycles. The number of likely N-dealkylation sites (tertiary alicyclic amines) is 1. The van der Waals surface area contributed by atoms with Crippen LogP contribution in [0.4, 0.5) is 4.79 Å². The van der Waals surface area contributed by atoms with E-state index < -0.39 is 5.60 Å². The quantitative estimate of drug-likeness (QED) is 0.662. The molecular formula is C27H36N2O2. The van der Waals surface area contributed by atoms with Gasteiger partial charge in [-0.15, -0.1) is 0 Å². The number of rotatable bonds is 3. The van der Waals surface area contributed by atoms with Crippen molar-refractivity contribution in [3.8, 4) is 0 Å². The fourth-order valence-electron chi connectivity index (χ4n) is 5.54. The van der Waals surface area contributed by atoms with Crippen molar-refractivity contribution in [1.29, 1.82) is 0 Å². The first-order valence-corrected chi connectivity index (χ1v) is 11.6. The summed E-state index contributed by atoms with van der Waals surface area (Å²) >= 11 is 0. The molecule has 0 bridgehead atoms. The highest BCUT2D eigenvalue weighted by Gasteiger charge is 2.51. The second-order valence-electron chi connectivity index (χ2n) is 10.3. The SMILES string of the molecule is C[C@H](N[C@@H]1c2ccccc2C2(CCN(C(=O)OC(C)(C)C)CC2)[C@H]1C)c1ccccc1. The zero-order valence-electron chi connectivity index (χ0n) is 19.5. The Morgan fingerprint density at radius 2 is 1.68 bits per heavy atom. The highest BCUT2D eigenvalue weighted by atomic mass is 16.6. The van der Waals surface area contributed by atoms with E-state index in [-0.39, 0.29) is 17.6 Å². The monoisotopic (exact) mass is 420 g/mol. The highest BCUT2D eigenvalue weighted by molar-refractivity contribution is 5.68. The first kappa shape index (κ1) is 21.9. The molecule has 1 aliphatic carbocycles. The summed E-state index contributed by atoms with van der Waals surface area (Å²) in [5, 5.41) is 3.93. The number of hydrogen-bond acceptors (Lipinski definition) is 3. The number of piperidine rings is 1. The van der Waals surface area contributed by atoms with Gasteiger partial charge in [-0.2, -0.15) is 0 Å². The normalized spacial score (nSPS) is 23.5. The van der Waals surface area contributed by atoms with E-state index in [9.17, 15) is 4.79 Å². The lowest BCUT2D eigenvalue weighted by atomic mass is 9.68. The van der Waals surface area contributed by atoms with Gasteiger partial charge in [0, 0.05) is 30.6 Å². The van der Waals surface area contributed by atoms with Crippen molar-refractivity contribution in [1.82, 2.24) is 10.2 Å². The smallest absolute Gasteiger partial charge is 0.410 e. The van der Waals surface area contributed by atoms with Gasteiger partial charge in [-0.1, -0.05) is 61.5 Å². The molecular weight excluding hydrogens is 384 g/mol. The van der Waals surface area contributed by atoms with Crippen LogP contribution in [0.3, 0.4) is 0 Å². The summed E-state index contributed by atoms with van der Waals surface area (Å²) < 4.78 is 5.62. The topological polar surface area (TPSA) is 41.6 Å². The molecule has 4 heteroatoms. The molecule has 1 spiro atoms. The van der Waals surface area contributed by atoms with E-state index in [2.05, 4.69) is 73.8 Å². The number of nitrogens with zero attached hydrogens (tertiary/aromatic N) is 1. The Morgan fingerprint density at radius 3 is 2.32 bits per heavy atom. The van der Waals surface area contributed by atoms with Gasteiger partial charge in [0.1, 0.15) is 5.60 Å². The lowest BCUT2D eigenvalue weighted by Crippen LogP contribution is -2.48. The van der Waals surface area contributed by atoms with Gasteiger partial charge in [-0.3, -0.25) is 0 Å². The Hall–Kier alpha value is -2.33. The molecule has 2 aromatic carbocycles. The van der Waals surface area contributed by atoms with Gasteiger partial charge in [-0.25, -0.2) is 4.79 Å². The third kappa shape index (κ3) is 4.23. The van der Waals surface area contributed by atoms with Crippen molar-refractivity contribution in [2.75, 3.05) is 13.1 Å². The number of fused-ring (bicyclic) bond motifs is 2. The standard InChI is InChI=1S/C27H36N2O2/c1-19-24(28-20(2)21-11-7-6-8-12-21)22-13-9-10-14-23(22)27(19)15-17-29(18-16-27)25(30)31-26(3,4)5/h6-14,19-20,24,28H,15-18H2,1-5H3/t19-,20-,24-/m0/s1. The predicted molar refractivity (Wildman–Crippen MR) is 125 cm³/mol. The van der Waals surface area contributed by atoms with Crippen molar-refractivity contribution >= 4 is 6.09 Å². The minimum atomic E-state index is -0.456. The molecule has 3 atom stereocenters. The minimum absolute atomic E-state index is 0.100. The van der Waals surface area contributed by atoms with E-state index in [0.717, 1.165) is 25.9 Å². The van der Waals surface area contributed by atoms with Crippen LogP contribution in [0.25, 0.3) is 0 Å². The van der Waals surface area contributed by atoms with E-state index in [4.69, 9.17) is 4.74 Å². The van der Waals surface area contributed by atoms with Crippen LogP contribution >= 0.6 is 0 Å². The third-order valence-electron chi connectivity index (χ3n) is 7.24. The van der Waals surface area contributed by atoms with Gasteiger partial charge in [0.15, 0.2) is 0 Å². The Bertz CT molecular complexity index is 910. The fraction of sp³-hybridized carbons (Fsp3) is 0.519. The number of nitrogens with one attached hydrogen (secondary N) is 1. The summed E-state index contributed by atoms with van der Waals surface area (Å²) in [5.41, 5.74) is 3.84. The van der Waals surface area contributed by atoms with Gasteiger partial charge in [0.05, 0.1) is 0 Å². The highest BCUT2D eigenvalue weighted by Crippen LogP contribution is 2.55. The van der Waals surface area contributed by atoms with Crippen molar-refractivity contribution in [2.45, 2.75) is 70.6 Å². The van der Waals surface area contributed by atoms with Gasteiger partial charge < -0.3 is 15.0 Å². The number of benzene rings is 2. The van der Waals surface area contributed by atoms with Crippen molar-refractivity contribution in [3.05, 3.63) is 71.3 Å². The number of amides is 1. The lowest BCUT2D eigenvalue weighted by Gasteiger charge is -2.44. The van der Waals surface area contributed by atoms with E-state index in [0.29, 0.717) is 12.0 Å².